The number of hydrogen-bond acceptors (Lipinski definition) is 4. The first-order chi connectivity index (χ1) is 9.87. The van der Waals surface area contributed by atoms with E-state index in [-0.39, 0.29) is 12.8 Å². The fraction of sp³-hybridized carbons (Fsp3) is 0.625. The van der Waals surface area contributed by atoms with Gasteiger partial charge in [0.1, 0.15) is 5.75 Å². The molecule has 2 aliphatic heterocycles. The zero-order valence-corrected chi connectivity index (χ0v) is 13.3. The molecule has 0 amide bonds. The van der Waals surface area contributed by atoms with Crippen molar-refractivity contribution in [3.8, 4) is 5.75 Å². The molecule has 21 heavy (non-hydrogen) atoms. The smallest absolute Gasteiger partial charge is 0.156 e. The van der Waals surface area contributed by atoms with Crippen molar-refractivity contribution in [2.24, 2.45) is 0 Å². The summed E-state index contributed by atoms with van der Waals surface area (Å²) in [6.45, 7) is 1.97. The molecule has 1 N–H and O–H groups in total. The van der Waals surface area contributed by atoms with Crippen molar-refractivity contribution >= 4 is 9.84 Å². The summed E-state index contributed by atoms with van der Waals surface area (Å²) in [4.78, 5) is 0. The molecular weight excluding hydrogens is 288 g/mol. The average molecular weight is 310 g/mol. The van der Waals surface area contributed by atoms with Gasteiger partial charge in [-0.2, -0.15) is 0 Å². The van der Waals surface area contributed by atoms with Gasteiger partial charge in [-0.3, -0.25) is 0 Å². The molecule has 0 spiro atoms. The molecule has 0 radical (unpaired) electrons. The van der Waals surface area contributed by atoms with Crippen LogP contribution >= 0.6 is 0 Å². The SMILES string of the molecule is COc1cc(C)ccc1C1(O)CC2CCCC(C1)S2(=O)=O. The molecule has 0 aromatic heterocycles. The highest BCUT2D eigenvalue weighted by Gasteiger charge is 2.51. The number of ether oxygens (including phenoxy) is 1. The topological polar surface area (TPSA) is 63.6 Å². The zero-order valence-electron chi connectivity index (χ0n) is 12.5. The van der Waals surface area contributed by atoms with Crippen LogP contribution in [0.3, 0.4) is 0 Å². The fourth-order valence-electron chi connectivity index (χ4n) is 3.85. The van der Waals surface area contributed by atoms with E-state index >= 15 is 0 Å². The van der Waals surface area contributed by atoms with E-state index in [0.717, 1.165) is 17.5 Å². The summed E-state index contributed by atoms with van der Waals surface area (Å²) in [5, 5.41) is 10.3. The van der Waals surface area contributed by atoms with Gasteiger partial charge >= 0.3 is 0 Å². The highest BCUT2D eigenvalue weighted by Crippen LogP contribution is 2.48. The lowest BCUT2D eigenvalue weighted by Gasteiger charge is -2.44. The van der Waals surface area contributed by atoms with Crippen LogP contribution in [-0.2, 0) is 15.4 Å². The van der Waals surface area contributed by atoms with E-state index in [1.165, 1.54) is 0 Å². The van der Waals surface area contributed by atoms with Crippen molar-refractivity contribution in [3.05, 3.63) is 29.3 Å². The van der Waals surface area contributed by atoms with E-state index in [4.69, 9.17) is 4.74 Å². The maximum atomic E-state index is 12.4. The standard InChI is InChI=1S/C16H22O4S/c1-11-6-7-14(15(8-11)20-2)16(17)9-12-4-3-5-13(10-16)21(12,18)19/h6-8,12-13,17H,3-5,9-10H2,1-2H3. The first kappa shape index (κ1) is 14.9. The number of benzene rings is 1. The summed E-state index contributed by atoms with van der Waals surface area (Å²) < 4.78 is 30.2. The van der Waals surface area contributed by atoms with Gasteiger partial charge in [0.15, 0.2) is 9.84 Å². The molecule has 5 heteroatoms. The third kappa shape index (κ3) is 2.36. The van der Waals surface area contributed by atoms with Crippen LogP contribution in [0, 0.1) is 6.92 Å². The van der Waals surface area contributed by atoms with Gasteiger partial charge in [0.25, 0.3) is 0 Å². The summed E-state index contributed by atoms with van der Waals surface area (Å²) in [7, 11) is -1.49. The minimum atomic E-state index is -3.07. The number of methoxy groups -OCH3 is 1. The molecule has 2 heterocycles. The Kier molecular flexibility index (Phi) is 3.53. The Morgan fingerprint density at radius 2 is 1.86 bits per heavy atom. The zero-order chi connectivity index (χ0) is 15.3. The molecule has 2 saturated heterocycles. The molecule has 116 valence electrons. The third-order valence-corrected chi connectivity index (χ3v) is 7.63. The van der Waals surface area contributed by atoms with Crippen molar-refractivity contribution in [1.82, 2.24) is 0 Å². The minimum Gasteiger partial charge on any atom is -0.496 e. The highest BCUT2D eigenvalue weighted by atomic mass is 32.2. The fourth-order valence-corrected chi connectivity index (χ4v) is 6.40. The molecule has 4 nitrogen and oxygen atoms in total. The Balaban J connectivity index is 2.03. The molecule has 2 bridgehead atoms. The molecule has 0 saturated carbocycles. The van der Waals surface area contributed by atoms with Crippen molar-refractivity contribution < 1.29 is 18.3 Å². The molecular formula is C16H22O4S. The Morgan fingerprint density at radius 1 is 1.24 bits per heavy atom. The van der Waals surface area contributed by atoms with Crippen LogP contribution in [0.25, 0.3) is 0 Å². The van der Waals surface area contributed by atoms with E-state index in [9.17, 15) is 13.5 Å². The van der Waals surface area contributed by atoms with Crippen LogP contribution in [0.1, 0.15) is 43.2 Å². The van der Waals surface area contributed by atoms with E-state index in [0.29, 0.717) is 18.6 Å². The van der Waals surface area contributed by atoms with Gasteiger partial charge in [-0.05, 0) is 44.2 Å². The van der Waals surface area contributed by atoms with Gasteiger partial charge in [0, 0.05) is 5.56 Å². The summed E-state index contributed by atoms with van der Waals surface area (Å²) >= 11 is 0. The lowest BCUT2D eigenvalue weighted by molar-refractivity contribution is 0.00301. The van der Waals surface area contributed by atoms with Crippen LogP contribution in [0.15, 0.2) is 18.2 Å². The maximum absolute atomic E-state index is 12.4. The number of hydrogen-bond donors (Lipinski definition) is 1. The second-order valence-corrected chi connectivity index (χ2v) is 8.92. The van der Waals surface area contributed by atoms with E-state index in [2.05, 4.69) is 0 Å². The van der Waals surface area contributed by atoms with Crippen molar-refractivity contribution in [3.63, 3.8) is 0 Å². The van der Waals surface area contributed by atoms with Crippen LogP contribution in [0.5, 0.6) is 5.75 Å². The van der Waals surface area contributed by atoms with Crippen molar-refractivity contribution in [2.75, 3.05) is 7.11 Å². The monoisotopic (exact) mass is 310 g/mol. The Labute approximate surface area is 126 Å². The lowest BCUT2D eigenvalue weighted by atomic mass is 9.80. The van der Waals surface area contributed by atoms with Gasteiger partial charge in [-0.25, -0.2) is 8.42 Å². The Hall–Kier alpha value is -1.07. The third-order valence-electron chi connectivity index (χ3n) is 4.97. The van der Waals surface area contributed by atoms with Gasteiger partial charge in [-0.1, -0.05) is 18.6 Å². The number of rotatable bonds is 2. The van der Waals surface area contributed by atoms with Gasteiger partial charge in [-0.15, -0.1) is 0 Å². The van der Waals surface area contributed by atoms with Crippen molar-refractivity contribution in [1.29, 1.82) is 0 Å². The number of sulfone groups is 1. The van der Waals surface area contributed by atoms with Gasteiger partial charge in [0.2, 0.25) is 0 Å². The quantitative estimate of drug-likeness (QED) is 0.910. The Morgan fingerprint density at radius 3 is 2.43 bits per heavy atom. The number of fused-ring (bicyclic) bond motifs is 2. The van der Waals surface area contributed by atoms with Crippen LogP contribution in [0.4, 0.5) is 0 Å². The largest absolute Gasteiger partial charge is 0.496 e. The van der Waals surface area contributed by atoms with Crippen LogP contribution in [-0.4, -0.2) is 31.1 Å². The first-order valence-corrected chi connectivity index (χ1v) is 9.08. The summed E-state index contributed by atoms with van der Waals surface area (Å²) in [5.74, 6) is 0.648. The molecule has 2 atom stereocenters. The highest BCUT2D eigenvalue weighted by molar-refractivity contribution is 7.92. The second-order valence-electron chi connectivity index (χ2n) is 6.41. The lowest BCUT2D eigenvalue weighted by Crippen LogP contribution is -2.50. The van der Waals surface area contributed by atoms with E-state index in [1.807, 2.05) is 25.1 Å². The average Bonchev–Trinajstić information content (AvgIpc) is 2.40. The summed E-state index contributed by atoms with van der Waals surface area (Å²) in [6, 6.07) is 5.71. The maximum Gasteiger partial charge on any atom is 0.156 e. The Bertz CT molecular complexity index is 630. The molecule has 2 aliphatic rings. The number of aliphatic hydroxyl groups is 1. The van der Waals surface area contributed by atoms with E-state index < -0.39 is 25.9 Å². The minimum absolute atomic E-state index is 0.283. The van der Waals surface area contributed by atoms with E-state index in [1.54, 1.807) is 7.11 Å². The van der Waals surface area contributed by atoms with Gasteiger partial charge in [0.05, 0.1) is 23.2 Å². The second kappa shape index (κ2) is 4.99. The molecule has 3 rings (SSSR count). The molecule has 1 aromatic rings. The van der Waals surface area contributed by atoms with Crippen LogP contribution in [0.2, 0.25) is 0 Å². The van der Waals surface area contributed by atoms with Crippen LogP contribution < -0.4 is 4.74 Å². The summed E-state index contributed by atoms with van der Waals surface area (Å²) in [6.07, 6.45) is 2.83. The molecule has 0 aliphatic carbocycles. The molecule has 1 aromatic carbocycles. The number of aryl methyl sites for hydroxylation is 1. The molecule has 2 unspecified atom stereocenters. The molecule has 2 fully saturated rings. The van der Waals surface area contributed by atoms with Crippen molar-refractivity contribution in [2.45, 2.75) is 55.1 Å². The summed E-state index contributed by atoms with van der Waals surface area (Å²) in [5.41, 5.74) is 0.686. The van der Waals surface area contributed by atoms with Gasteiger partial charge < -0.3 is 9.84 Å². The normalized spacial score (nSPS) is 34.4. The predicted octanol–water partition coefficient (Wildman–Crippen LogP) is 2.32. The first-order valence-electron chi connectivity index (χ1n) is 7.47. The predicted molar refractivity (Wildman–Crippen MR) is 81.2 cm³/mol.